The molecule has 100 valence electrons. The number of hydrogen-bond acceptors (Lipinski definition) is 4. The Hall–Kier alpha value is -1.36. The molecule has 0 aliphatic carbocycles. The SMILES string of the molecule is Cc1nn(C)c(N2CCCC(N(C)C)C2)c1C=O. The normalized spacial score (nSPS) is 20.5. The summed E-state index contributed by atoms with van der Waals surface area (Å²) in [5, 5.41) is 4.36. The third-order valence-corrected chi connectivity index (χ3v) is 3.78. The Bertz CT molecular complexity index is 438. The van der Waals surface area contributed by atoms with Crippen LogP contribution in [0, 0.1) is 6.92 Å². The molecule has 1 aliphatic heterocycles. The second-order valence-corrected chi connectivity index (χ2v) is 5.27. The van der Waals surface area contributed by atoms with Gasteiger partial charge in [0.15, 0.2) is 6.29 Å². The zero-order valence-corrected chi connectivity index (χ0v) is 11.7. The molecule has 0 bridgehead atoms. The molecule has 18 heavy (non-hydrogen) atoms. The first-order valence-corrected chi connectivity index (χ1v) is 6.44. The Morgan fingerprint density at radius 2 is 2.17 bits per heavy atom. The molecule has 0 amide bonds. The molecule has 1 saturated heterocycles. The van der Waals surface area contributed by atoms with Crippen LogP contribution in [0.5, 0.6) is 0 Å². The van der Waals surface area contributed by atoms with Crippen LogP contribution in [0.2, 0.25) is 0 Å². The van der Waals surface area contributed by atoms with Gasteiger partial charge in [-0.05, 0) is 33.9 Å². The molecule has 1 aliphatic rings. The molecule has 1 aromatic heterocycles. The Kier molecular flexibility index (Phi) is 3.71. The number of hydrogen-bond donors (Lipinski definition) is 0. The van der Waals surface area contributed by atoms with E-state index in [1.165, 1.54) is 6.42 Å². The Balaban J connectivity index is 2.28. The minimum atomic E-state index is 0.549. The zero-order chi connectivity index (χ0) is 13.3. The third-order valence-electron chi connectivity index (χ3n) is 3.78. The van der Waals surface area contributed by atoms with E-state index in [0.29, 0.717) is 6.04 Å². The molecule has 5 heteroatoms. The van der Waals surface area contributed by atoms with Crippen molar-refractivity contribution < 1.29 is 4.79 Å². The van der Waals surface area contributed by atoms with Crippen molar-refractivity contribution in [3.8, 4) is 0 Å². The van der Waals surface area contributed by atoms with Gasteiger partial charge in [-0.15, -0.1) is 0 Å². The quantitative estimate of drug-likeness (QED) is 0.753. The summed E-state index contributed by atoms with van der Waals surface area (Å²) >= 11 is 0. The summed E-state index contributed by atoms with van der Waals surface area (Å²) in [5.41, 5.74) is 1.55. The average Bonchev–Trinajstić information content (AvgIpc) is 2.63. The van der Waals surface area contributed by atoms with E-state index in [1.807, 2.05) is 18.7 Å². The van der Waals surface area contributed by atoms with Crippen molar-refractivity contribution in [1.82, 2.24) is 14.7 Å². The highest BCUT2D eigenvalue weighted by Crippen LogP contribution is 2.25. The molecule has 1 unspecified atom stereocenters. The van der Waals surface area contributed by atoms with Crippen LogP contribution >= 0.6 is 0 Å². The first kappa shape index (κ1) is 13.1. The van der Waals surface area contributed by atoms with E-state index in [9.17, 15) is 4.79 Å². The molecule has 0 spiro atoms. The van der Waals surface area contributed by atoms with Crippen LogP contribution in [0.4, 0.5) is 5.82 Å². The first-order valence-electron chi connectivity index (χ1n) is 6.44. The van der Waals surface area contributed by atoms with E-state index in [0.717, 1.165) is 42.9 Å². The molecule has 2 heterocycles. The van der Waals surface area contributed by atoms with Gasteiger partial charge in [0.25, 0.3) is 0 Å². The third kappa shape index (κ3) is 2.27. The van der Waals surface area contributed by atoms with E-state index in [4.69, 9.17) is 0 Å². The van der Waals surface area contributed by atoms with Gasteiger partial charge in [-0.3, -0.25) is 9.48 Å². The van der Waals surface area contributed by atoms with Crippen LogP contribution in [0.25, 0.3) is 0 Å². The van der Waals surface area contributed by atoms with Crippen molar-refractivity contribution in [3.05, 3.63) is 11.3 Å². The van der Waals surface area contributed by atoms with E-state index in [-0.39, 0.29) is 0 Å². The summed E-state index contributed by atoms with van der Waals surface area (Å²) < 4.78 is 1.83. The summed E-state index contributed by atoms with van der Waals surface area (Å²) in [5.74, 6) is 0.967. The molecule has 2 rings (SSSR count). The summed E-state index contributed by atoms with van der Waals surface area (Å²) in [6.07, 6.45) is 3.30. The van der Waals surface area contributed by atoms with Gasteiger partial charge in [-0.2, -0.15) is 5.10 Å². The van der Waals surface area contributed by atoms with Gasteiger partial charge in [-0.25, -0.2) is 0 Å². The minimum absolute atomic E-state index is 0.549. The van der Waals surface area contributed by atoms with Crippen molar-refractivity contribution in [2.45, 2.75) is 25.8 Å². The van der Waals surface area contributed by atoms with Gasteiger partial charge in [0.2, 0.25) is 0 Å². The fourth-order valence-corrected chi connectivity index (χ4v) is 2.74. The van der Waals surface area contributed by atoms with Gasteiger partial charge < -0.3 is 9.80 Å². The number of likely N-dealkylation sites (N-methyl/N-ethyl adjacent to an activating group) is 1. The van der Waals surface area contributed by atoms with Crippen molar-refractivity contribution in [2.24, 2.45) is 7.05 Å². The summed E-state index contributed by atoms with van der Waals surface area (Å²) in [4.78, 5) is 15.8. The Morgan fingerprint density at radius 3 is 2.78 bits per heavy atom. The standard InChI is InChI=1S/C13H22N4O/c1-10-12(9-18)13(16(4)14-10)17-7-5-6-11(8-17)15(2)3/h9,11H,5-8H2,1-4H3. The summed E-state index contributed by atoms with van der Waals surface area (Å²) in [6, 6.07) is 0.549. The van der Waals surface area contributed by atoms with Crippen LogP contribution in [-0.2, 0) is 7.05 Å². The maximum atomic E-state index is 11.2. The molecule has 1 fully saturated rings. The van der Waals surface area contributed by atoms with E-state index < -0.39 is 0 Å². The van der Waals surface area contributed by atoms with Crippen LogP contribution < -0.4 is 4.90 Å². The molecule has 0 aromatic carbocycles. The number of anilines is 1. The van der Waals surface area contributed by atoms with Crippen molar-refractivity contribution in [2.75, 3.05) is 32.1 Å². The fraction of sp³-hybridized carbons (Fsp3) is 0.692. The predicted octanol–water partition coefficient (Wildman–Crippen LogP) is 1.07. The largest absolute Gasteiger partial charge is 0.355 e. The number of carbonyl (C=O) groups is 1. The molecule has 0 radical (unpaired) electrons. The monoisotopic (exact) mass is 250 g/mol. The lowest BCUT2D eigenvalue weighted by Crippen LogP contribution is -2.46. The molecule has 0 N–H and O–H groups in total. The molecule has 1 atom stereocenters. The molecular formula is C13H22N4O. The fourth-order valence-electron chi connectivity index (χ4n) is 2.74. The molecule has 1 aromatic rings. The van der Waals surface area contributed by atoms with Crippen molar-refractivity contribution in [1.29, 1.82) is 0 Å². The van der Waals surface area contributed by atoms with Crippen molar-refractivity contribution >= 4 is 12.1 Å². The van der Waals surface area contributed by atoms with Crippen molar-refractivity contribution in [3.63, 3.8) is 0 Å². The number of carbonyl (C=O) groups excluding carboxylic acids is 1. The van der Waals surface area contributed by atoms with Crippen LogP contribution in [0.15, 0.2) is 0 Å². The van der Waals surface area contributed by atoms with E-state index in [2.05, 4.69) is 29.0 Å². The second kappa shape index (κ2) is 5.10. The first-order chi connectivity index (χ1) is 8.54. The van der Waals surface area contributed by atoms with E-state index >= 15 is 0 Å². The zero-order valence-electron chi connectivity index (χ0n) is 11.7. The van der Waals surface area contributed by atoms with Gasteiger partial charge in [0.05, 0.1) is 11.3 Å². The number of aromatic nitrogens is 2. The van der Waals surface area contributed by atoms with Gasteiger partial charge in [-0.1, -0.05) is 0 Å². The molecule has 0 saturated carbocycles. The number of rotatable bonds is 3. The smallest absolute Gasteiger partial charge is 0.155 e. The maximum Gasteiger partial charge on any atom is 0.155 e. The Labute approximate surface area is 108 Å². The number of aryl methyl sites for hydroxylation is 2. The highest BCUT2D eigenvalue weighted by molar-refractivity contribution is 5.84. The maximum absolute atomic E-state index is 11.2. The summed E-state index contributed by atoms with van der Waals surface area (Å²) in [6.45, 7) is 3.86. The lowest BCUT2D eigenvalue weighted by Gasteiger charge is -2.37. The second-order valence-electron chi connectivity index (χ2n) is 5.27. The Morgan fingerprint density at radius 1 is 1.44 bits per heavy atom. The van der Waals surface area contributed by atoms with Gasteiger partial charge >= 0.3 is 0 Å². The molecule has 5 nitrogen and oxygen atoms in total. The predicted molar refractivity (Wildman–Crippen MR) is 72.3 cm³/mol. The number of piperidine rings is 1. The van der Waals surface area contributed by atoms with Gasteiger partial charge in [0.1, 0.15) is 5.82 Å². The highest BCUT2D eigenvalue weighted by atomic mass is 16.1. The highest BCUT2D eigenvalue weighted by Gasteiger charge is 2.26. The van der Waals surface area contributed by atoms with Crippen LogP contribution in [0.1, 0.15) is 28.9 Å². The lowest BCUT2D eigenvalue weighted by atomic mass is 10.0. The number of nitrogens with zero attached hydrogens (tertiary/aromatic N) is 4. The minimum Gasteiger partial charge on any atom is -0.355 e. The van der Waals surface area contributed by atoms with E-state index in [1.54, 1.807) is 0 Å². The summed E-state index contributed by atoms with van der Waals surface area (Å²) in [7, 11) is 6.14. The lowest BCUT2D eigenvalue weighted by molar-refractivity contribution is 0.112. The average molecular weight is 250 g/mol. The molecular weight excluding hydrogens is 228 g/mol. The van der Waals surface area contributed by atoms with Crippen LogP contribution in [0.3, 0.4) is 0 Å². The van der Waals surface area contributed by atoms with Crippen LogP contribution in [-0.4, -0.2) is 54.2 Å². The number of aldehydes is 1. The van der Waals surface area contributed by atoms with Gasteiger partial charge in [0, 0.05) is 26.2 Å². The topological polar surface area (TPSA) is 41.4 Å².